The molecule has 2 aromatic carbocycles. The van der Waals surface area contributed by atoms with Crippen LogP contribution in [-0.4, -0.2) is 22.1 Å². The zero-order chi connectivity index (χ0) is 21.3. The Bertz CT molecular complexity index is 1170. The minimum Gasteiger partial charge on any atom is -0.354 e. The number of carbonyl (C=O) groups is 2. The number of carbonyl (C=O) groups excluding carboxylic acids is 2. The van der Waals surface area contributed by atoms with Crippen molar-refractivity contribution in [3.05, 3.63) is 76.6 Å². The van der Waals surface area contributed by atoms with Crippen LogP contribution in [0.3, 0.4) is 0 Å². The molecule has 1 aliphatic heterocycles. The van der Waals surface area contributed by atoms with Crippen molar-refractivity contribution in [2.24, 2.45) is 0 Å². The molecule has 1 saturated heterocycles. The molecule has 30 heavy (non-hydrogen) atoms. The van der Waals surface area contributed by atoms with Crippen LogP contribution >= 0.6 is 23.8 Å². The smallest absolute Gasteiger partial charge is 0.243 e. The lowest BCUT2D eigenvalue weighted by Gasteiger charge is -2.35. The zero-order valence-electron chi connectivity index (χ0n) is 15.9. The van der Waals surface area contributed by atoms with E-state index in [9.17, 15) is 9.59 Å². The Morgan fingerprint density at radius 3 is 2.40 bits per heavy atom. The van der Waals surface area contributed by atoms with Crippen LogP contribution in [0.5, 0.6) is 0 Å². The van der Waals surface area contributed by atoms with E-state index in [1.807, 2.05) is 24.3 Å². The number of para-hydroxylation sites is 1. The number of aromatic nitrogens is 1. The maximum Gasteiger partial charge on any atom is 0.243 e. The van der Waals surface area contributed by atoms with Gasteiger partial charge in [0.15, 0.2) is 10.9 Å². The molecule has 0 unspecified atom stereocenters. The van der Waals surface area contributed by atoms with Gasteiger partial charge in [0, 0.05) is 5.02 Å². The van der Waals surface area contributed by atoms with Gasteiger partial charge >= 0.3 is 0 Å². The lowest BCUT2D eigenvalue weighted by Crippen LogP contribution is -2.55. The van der Waals surface area contributed by atoms with Crippen LogP contribution in [-0.2, 0) is 9.59 Å². The van der Waals surface area contributed by atoms with E-state index in [0.717, 1.165) is 5.56 Å². The highest BCUT2D eigenvalue weighted by atomic mass is 35.5. The Morgan fingerprint density at radius 2 is 1.67 bits per heavy atom. The van der Waals surface area contributed by atoms with Gasteiger partial charge in [-0.05, 0) is 55.1 Å². The molecule has 0 saturated carbocycles. The highest BCUT2D eigenvalue weighted by Crippen LogP contribution is 2.32. The largest absolute Gasteiger partial charge is 0.354 e. The van der Waals surface area contributed by atoms with Crippen LogP contribution in [0.25, 0.3) is 12.2 Å². The lowest BCUT2D eigenvalue weighted by molar-refractivity contribution is -0.126. The average Bonchev–Trinajstić information content (AvgIpc) is 3.08. The van der Waals surface area contributed by atoms with Crippen LogP contribution in [0.2, 0.25) is 5.02 Å². The summed E-state index contributed by atoms with van der Waals surface area (Å²) in [4.78, 5) is 28.0. The van der Waals surface area contributed by atoms with Crippen LogP contribution in [0.1, 0.15) is 23.4 Å². The molecule has 0 spiro atoms. The minimum atomic E-state index is -0.434. The second-order valence-electron chi connectivity index (χ2n) is 6.59. The first-order valence-corrected chi connectivity index (χ1v) is 9.90. The molecule has 4 rings (SSSR count). The molecule has 3 aromatic rings. The molecule has 0 atom stereocenters. The van der Waals surface area contributed by atoms with E-state index >= 15 is 0 Å². The summed E-state index contributed by atoms with van der Waals surface area (Å²) in [7, 11) is 0. The minimum absolute atomic E-state index is 0.0566. The molecular weight excluding hydrogens is 422 g/mol. The van der Waals surface area contributed by atoms with Gasteiger partial charge in [-0.1, -0.05) is 53.2 Å². The highest BCUT2D eigenvalue weighted by molar-refractivity contribution is 7.81. The van der Waals surface area contributed by atoms with Crippen molar-refractivity contribution < 1.29 is 14.1 Å². The lowest BCUT2D eigenvalue weighted by atomic mass is 10.1. The van der Waals surface area contributed by atoms with Gasteiger partial charge in [-0.2, -0.15) is 0 Å². The fourth-order valence-corrected chi connectivity index (χ4v) is 3.79. The quantitative estimate of drug-likeness (QED) is 0.430. The predicted molar refractivity (Wildman–Crippen MR) is 120 cm³/mol. The normalized spacial score (nSPS) is 14.8. The number of hydrogen-bond donors (Lipinski definition) is 0. The van der Waals surface area contributed by atoms with Gasteiger partial charge in [0.2, 0.25) is 11.8 Å². The summed E-state index contributed by atoms with van der Waals surface area (Å²) in [6, 6.07) is 16.3. The maximum absolute atomic E-state index is 12.8. The highest BCUT2D eigenvalue weighted by Gasteiger charge is 2.39. The van der Waals surface area contributed by atoms with Crippen molar-refractivity contribution >= 4 is 64.3 Å². The SMILES string of the molecule is Cc1noc(/C=C/c2ccccc2Cl)c1N1C(=O)CC(=O)N(c2ccccc2)C1=S. The van der Waals surface area contributed by atoms with E-state index in [1.165, 1.54) is 9.80 Å². The Labute approximate surface area is 183 Å². The molecule has 0 N–H and O–H groups in total. The van der Waals surface area contributed by atoms with Crippen LogP contribution in [0.4, 0.5) is 11.4 Å². The Balaban J connectivity index is 1.74. The third-order valence-electron chi connectivity index (χ3n) is 4.60. The maximum atomic E-state index is 12.8. The fraction of sp³-hybridized carbons (Fsp3) is 0.0909. The zero-order valence-corrected chi connectivity index (χ0v) is 17.5. The molecule has 2 heterocycles. The van der Waals surface area contributed by atoms with Gasteiger partial charge in [-0.15, -0.1) is 0 Å². The van der Waals surface area contributed by atoms with E-state index in [2.05, 4.69) is 5.16 Å². The van der Waals surface area contributed by atoms with E-state index in [-0.39, 0.29) is 17.4 Å². The number of anilines is 2. The van der Waals surface area contributed by atoms with E-state index in [4.69, 9.17) is 28.3 Å². The molecule has 0 aliphatic carbocycles. The van der Waals surface area contributed by atoms with Gasteiger partial charge < -0.3 is 4.52 Å². The fourth-order valence-electron chi connectivity index (χ4n) is 3.19. The summed E-state index contributed by atoms with van der Waals surface area (Å²) in [5.74, 6) is -0.476. The third-order valence-corrected chi connectivity index (χ3v) is 5.31. The van der Waals surface area contributed by atoms with Crippen molar-refractivity contribution in [2.45, 2.75) is 13.3 Å². The predicted octanol–water partition coefficient (Wildman–Crippen LogP) is 4.86. The Morgan fingerprint density at radius 1 is 1.00 bits per heavy atom. The Kier molecular flexibility index (Phi) is 5.48. The number of nitrogens with zero attached hydrogens (tertiary/aromatic N) is 3. The van der Waals surface area contributed by atoms with Crippen molar-refractivity contribution in [3.8, 4) is 0 Å². The first-order chi connectivity index (χ1) is 14.5. The second kappa shape index (κ2) is 8.22. The van der Waals surface area contributed by atoms with Gasteiger partial charge in [0.05, 0.1) is 5.69 Å². The monoisotopic (exact) mass is 437 g/mol. The average molecular weight is 438 g/mol. The molecule has 2 amide bonds. The third kappa shape index (κ3) is 3.65. The number of amides is 2. The molecule has 150 valence electrons. The first kappa shape index (κ1) is 20.0. The van der Waals surface area contributed by atoms with E-state index in [0.29, 0.717) is 27.9 Å². The molecular formula is C22H16ClN3O3S. The topological polar surface area (TPSA) is 66.7 Å². The van der Waals surface area contributed by atoms with E-state index in [1.54, 1.807) is 49.4 Å². The molecule has 0 bridgehead atoms. The van der Waals surface area contributed by atoms with E-state index < -0.39 is 5.91 Å². The first-order valence-electron chi connectivity index (χ1n) is 9.11. The van der Waals surface area contributed by atoms with Crippen LogP contribution in [0, 0.1) is 6.92 Å². The summed E-state index contributed by atoms with van der Waals surface area (Å²) in [6.45, 7) is 1.71. The molecule has 8 heteroatoms. The number of halogens is 1. The summed E-state index contributed by atoms with van der Waals surface area (Å²) in [5.41, 5.74) is 2.26. The van der Waals surface area contributed by atoms with Gasteiger partial charge in [-0.25, -0.2) is 0 Å². The summed E-state index contributed by atoms with van der Waals surface area (Å²) < 4.78 is 5.44. The number of thiocarbonyl (C=S) groups is 1. The summed E-state index contributed by atoms with van der Waals surface area (Å²) in [5, 5.41) is 4.63. The molecule has 0 radical (unpaired) electrons. The van der Waals surface area contributed by atoms with Crippen molar-refractivity contribution in [2.75, 3.05) is 9.80 Å². The van der Waals surface area contributed by atoms with Gasteiger partial charge in [-0.3, -0.25) is 19.4 Å². The van der Waals surface area contributed by atoms with Crippen LogP contribution in [0.15, 0.2) is 59.1 Å². The summed E-state index contributed by atoms with van der Waals surface area (Å²) >= 11 is 11.8. The van der Waals surface area contributed by atoms with Crippen LogP contribution < -0.4 is 9.80 Å². The number of rotatable bonds is 4. The van der Waals surface area contributed by atoms with Gasteiger partial charge in [0.1, 0.15) is 17.8 Å². The number of aryl methyl sites for hydroxylation is 1. The van der Waals surface area contributed by atoms with Crippen molar-refractivity contribution in [1.82, 2.24) is 5.16 Å². The number of hydrogen-bond acceptors (Lipinski definition) is 5. The summed E-state index contributed by atoms with van der Waals surface area (Å²) in [6.07, 6.45) is 3.13. The molecule has 1 aliphatic rings. The number of benzene rings is 2. The molecule has 1 aromatic heterocycles. The van der Waals surface area contributed by atoms with Crippen molar-refractivity contribution in [3.63, 3.8) is 0 Å². The molecule has 1 fully saturated rings. The van der Waals surface area contributed by atoms with Gasteiger partial charge in [0.25, 0.3) is 0 Å². The molecule has 6 nitrogen and oxygen atoms in total. The standard InChI is InChI=1S/C22H16ClN3O3S/c1-14-21(18(29-24-14)12-11-15-7-5-6-10-17(15)23)26-20(28)13-19(27)25(22(26)30)16-8-3-2-4-9-16/h2-12H,13H2,1H3/b12-11+. The van der Waals surface area contributed by atoms with Crippen molar-refractivity contribution in [1.29, 1.82) is 0 Å². The Hall–Kier alpha value is -3.29. The second-order valence-corrected chi connectivity index (χ2v) is 7.36.